The lowest BCUT2D eigenvalue weighted by Gasteiger charge is -2.08. The van der Waals surface area contributed by atoms with Crippen molar-refractivity contribution in [2.24, 2.45) is 0 Å². The van der Waals surface area contributed by atoms with Crippen molar-refractivity contribution in [3.63, 3.8) is 0 Å². The van der Waals surface area contributed by atoms with Gasteiger partial charge in [0.25, 0.3) is 0 Å². The van der Waals surface area contributed by atoms with Gasteiger partial charge in [0.2, 0.25) is 0 Å². The van der Waals surface area contributed by atoms with E-state index in [0.29, 0.717) is 66.1 Å². The highest BCUT2D eigenvalue weighted by molar-refractivity contribution is 14.1. The van der Waals surface area contributed by atoms with Crippen LogP contribution in [0.5, 0.6) is 0 Å². The van der Waals surface area contributed by atoms with Crippen LogP contribution in [0.25, 0.3) is 0 Å². The van der Waals surface area contributed by atoms with Crippen molar-refractivity contribution in [2.75, 3.05) is 83.7 Å². The summed E-state index contributed by atoms with van der Waals surface area (Å²) >= 11 is 2.43. The average Bonchev–Trinajstić information content (AvgIpc) is 2.87. The molecule has 0 aliphatic heterocycles. The molecule has 0 unspecified atom stereocenters. The lowest BCUT2D eigenvalue weighted by atomic mass is 10.1. The SMILES string of the molecule is CCCCCCCCCCCCOCCOCCOCCOCCOCCOCCCCCCI. The van der Waals surface area contributed by atoms with Gasteiger partial charge in [0.15, 0.2) is 0 Å². The van der Waals surface area contributed by atoms with Crippen molar-refractivity contribution >= 4 is 22.6 Å². The summed E-state index contributed by atoms with van der Waals surface area (Å²) in [5, 5.41) is 0. The van der Waals surface area contributed by atoms with Crippen LogP contribution < -0.4 is 0 Å². The first-order valence-electron chi connectivity index (χ1n) is 14.4. The molecule has 0 heterocycles. The van der Waals surface area contributed by atoms with Gasteiger partial charge in [0.05, 0.1) is 66.1 Å². The van der Waals surface area contributed by atoms with Gasteiger partial charge in [-0.15, -0.1) is 0 Å². The Morgan fingerprint density at radius 3 is 0.886 bits per heavy atom. The summed E-state index contributed by atoms with van der Waals surface area (Å²) in [6.07, 6.45) is 18.6. The maximum absolute atomic E-state index is 5.64. The molecular weight excluding hydrogens is 559 g/mol. The van der Waals surface area contributed by atoms with Crippen molar-refractivity contribution in [3.8, 4) is 0 Å². The fourth-order valence-corrected chi connectivity index (χ4v) is 4.08. The number of ether oxygens (including phenoxy) is 6. The van der Waals surface area contributed by atoms with Crippen molar-refractivity contribution in [3.05, 3.63) is 0 Å². The summed E-state index contributed by atoms with van der Waals surface area (Å²) in [7, 11) is 0. The third-order valence-electron chi connectivity index (χ3n) is 5.67. The normalized spacial score (nSPS) is 11.5. The lowest BCUT2D eigenvalue weighted by Crippen LogP contribution is -2.14. The zero-order chi connectivity index (χ0) is 25.3. The maximum atomic E-state index is 5.64. The molecule has 0 radical (unpaired) electrons. The second-order valence-corrected chi connectivity index (χ2v) is 10.0. The molecule has 0 spiro atoms. The van der Waals surface area contributed by atoms with Crippen LogP contribution in [-0.2, 0) is 28.4 Å². The van der Waals surface area contributed by atoms with E-state index in [0.717, 1.165) is 26.1 Å². The van der Waals surface area contributed by atoms with Crippen LogP contribution in [0.4, 0.5) is 0 Å². The molecule has 0 N–H and O–H groups in total. The van der Waals surface area contributed by atoms with Gasteiger partial charge in [0, 0.05) is 13.2 Å². The third kappa shape index (κ3) is 34.5. The summed E-state index contributed by atoms with van der Waals surface area (Å²) in [5.74, 6) is 0. The summed E-state index contributed by atoms with van der Waals surface area (Å²) in [4.78, 5) is 0. The predicted molar refractivity (Wildman–Crippen MR) is 154 cm³/mol. The molecule has 0 aromatic rings. The molecule has 0 fully saturated rings. The van der Waals surface area contributed by atoms with Crippen LogP contribution in [-0.4, -0.2) is 83.7 Å². The van der Waals surface area contributed by atoms with Gasteiger partial charge in [-0.2, -0.15) is 0 Å². The van der Waals surface area contributed by atoms with E-state index in [1.165, 1.54) is 81.5 Å². The van der Waals surface area contributed by atoms with E-state index in [2.05, 4.69) is 29.5 Å². The molecule has 6 nitrogen and oxygen atoms in total. The minimum absolute atomic E-state index is 0.582. The van der Waals surface area contributed by atoms with Crippen LogP contribution in [0.15, 0.2) is 0 Å². The molecule has 35 heavy (non-hydrogen) atoms. The Morgan fingerprint density at radius 1 is 0.314 bits per heavy atom. The third-order valence-corrected chi connectivity index (χ3v) is 6.44. The topological polar surface area (TPSA) is 55.4 Å². The van der Waals surface area contributed by atoms with E-state index in [-0.39, 0.29) is 0 Å². The Bertz CT molecular complexity index is 330. The van der Waals surface area contributed by atoms with Gasteiger partial charge < -0.3 is 28.4 Å². The molecule has 0 aliphatic rings. The van der Waals surface area contributed by atoms with Gasteiger partial charge in [-0.3, -0.25) is 0 Å². The fourth-order valence-electron chi connectivity index (χ4n) is 3.55. The molecule has 0 aromatic heterocycles. The predicted octanol–water partition coefficient (Wildman–Crippen LogP) is 7.00. The summed E-state index contributed by atoms with van der Waals surface area (Å²) in [6.45, 7) is 10.1. The van der Waals surface area contributed by atoms with Crippen molar-refractivity contribution < 1.29 is 28.4 Å². The molecule has 7 heteroatoms. The zero-order valence-electron chi connectivity index (χ0n) is 22.9. The van der Waals surface area contributed by atoms with Crippen LogP contribution in [0.3, 0.4) is 0 Å². The maximum Gasteiger partial charge on any atom is 0.0701 e. The Balaban J connectivity index is 3.00. The summed E-state index contributed by atoms with van der Waals surface area (Å²) in [6, 6.07) is 0. The first kappa shape index (κ1) is 35.5. The highest BCUT2D eigenvalue weighted by atomic mass is 127. The molecule has 0 saturated carbocycles. The van der Waals surface area contributed by atoms with Gasteiger partial charge in [-0.05, 0) is 23.7 Å². The Labute approximate surface area is 231 Å². The first-order valence-corrected chi connectivity index (χ1v) is 16.0. The lowest BCUT2D eigenvalue weighted by molar-refractivity contribution is -0.0169. The summed E-state index contributed by atoms with van der Waals surface area (Å²) in [5.41, 5.74) is 0. The van der Waals surface area contributed by atoms with Gasteiger partial charge >= 0.3 is 0 Å². The molecule has 0 amide bonds. The Hall–Kier alpha value is 0.490. The van der Waals surface area contributed by atoms with E-state index >= 15 is 0 Å². The molecule has 0 aromatic carbocycles. The molecule has 0 aliphatic carbocycles. The smallest absolute Gasteiger partial charge is 0.0701 e. The number of hydrogen-bond donors (Lipinski definition) is 0. The van der Waals surface area contributed by atoms with Crippen LogP contribution in [0.1, 0.15) is 96.8 Å². The number of alkyl halides is 1. The molecule has 0 rings (SSSR count). The number of unbranched alkanes of at least 4 members (excludes halogenated alkanes) is 12. The van der Waals surface area contributed by atoms with Crippen molar-refractivity contribution in [1.82, 2.24) is 0 Å². The number of halogens is 1. The monoisotopic (exact) mass is 616 g/mol. The van der Waals surface area contributed by atoms with E-state index in [1.807, 2.05) is 0 Å². The Kier molecular flexibility index (Phi) is 35.0. The molecule has 0 bridgehead atoms. The van der Waals surface area contributed by atoms with Crippen LogP contribution in [0, 0.1) is 0 Å². The molecule has 0 saturated heterocycles. The minimum Gasteiger partial charge on any atom is -0.379 e. The van der Waals surface area contributed by atoms with Gasteiger partial charge in [-0.25, -0.2) is 0 Å². The fraction of sp³-hybridized carbons (Fsp3) is 1.00. The quantitative estimate of drug-likeness (QED) is 0.0461. The van der Waals surface area contributed by atoms with Gasteiger partial charge in [-0.1, -0.05) is 100 Å². The second kappa shape index (κ2) is 34.5. The molecule has 212 valence electrons. The van der Waals surface area contributed by atoms with E-state index in [1.54, 1.807) is 0 Å². The highest BCUT2D eigenvalue weighted by Gasteiger charge is 1.96. The number of hydrogen-bond acceptors (Lipinski definition) is 6. The molecular formula is C28H57IO6. The molecule has 0 atom stereocenters. The average molecular weight is 617 g/mol. The van der Waals surface area contributed by atoms with Crippen molar-refractivity contribution in [1.29, 1.82) is 0 Å². The van der Waals surface area contributed by atoms with Crippen LogP contribution in [0.2, 0.25) is 0 Å². The highest BCUT2D eigenvalue weighted by Crippen LogP contribution is 2.10. The summed E-state index contributed by atoms with van der Waals surface area (Å²) < 4.78 is 34.5. The minimum atomic E-state index is 0.582. The second-order valence-electron chi connectivity index (χ2n) is 8.96. The van der Waals surface area contributed by atoms with E-state index < -0.39 is 0 Å². The van der Waals surface area contributed by atoms with Crippen molar-refractivity contribution in [2.45, 2.75) is 96.8 Å². The largest absolute Gasteiger partial charge is 0.379 e. The van der Waals surface area contributed by atoms with Gasteiger partial charge in [0.1, 0.15) is 0 Å². The first-order chi connectivity index (χ1) is 17.4. The zero-order valence-corrected chi connectivity index (χ0v) is 25.1. The van der Waals surface area contributed by atoms with E-state index in [9.17, 15) is 0 Å². The standard InChI is InChI=1S/C28H57IO6/c1-2-3-4-5-6-7-8-9-11-14-17-30-19-21-32-23-25-34-27-28-35-26-24-33-22-20-31-18-15-12-10-13-16-29/h2-28H2,1H3. The van der Waals surface area contributed by atoms with Crippen LogP contribution >= 0.6 is 22.6 Å². The Morgan fingerprint density at radius 2 is 0.571 bits per heavy atom. The number of rotatable bonds is 32. The van der Waals surface area contributed by atoms with E-state index in [4.69, 9.17) is 28.4 Å².